The number of hydrogen-bond acceptors (Lipinski definition) is 5. The second-order valence-electron chi connectivity index (χ2n) is 5.27. The van der Waals surface area contributed by atoms with Gasteiger partial charge in [-0.2, -0.15) is 0 Å². The first-order chi connectivity index (χ1) is 11.2. The molecule has 118 valence electrons. The zero-order chi connectivity index (χ0) is 16.2. The van der Waals surface area contributed by atoms with Gasteiger partial charge in [0, 0.05) is 18.1 Å². The monoisotopic (exact) mass is 308 g/mol. The van der Waals surface area contributed by atoms with Crippen LogP contribution in [-0.4, -0.2) is 31.2 Å². The van der Waals surface area contributed by atoms with Gasteiger partial charge in [-0.15, -0.1) is 0 Å². The third-order valence-corrected chi connectivity index (χ3v) is 3.74. The highest BCUT2D eigenvalue weighted by molar-refractivity contribution is 5.91. The Bertz CT molecular complexity index is 802. The van der Waals surface area contributed by atoms with Gasteiger partial charge in [0.1, 0.15) is 17.4 Å². The first-order valence-corrected chi connectivity index (χ1v) is 7.51. The molecule has 0 amide bonds. The molecule has 1 heterocycles. The first kappa shape index (κ1) is 15.2. The van der Waals surface area contributed by atoms with Crippen LogP contribution in [0.25, 0.3) is 10.9 Å². The van der Waals surface area contributed by atoms with Crippen molar-refractivity contribution in [3.05, 3.63) is 54.4 Å². The molecule has 0 aliphatic rings. The maximum Gasteiger partial charge on any atom is 0.145 e. The van der Waals surface area contributed by atoms with E-state index in [1.807, 2.05) is 62.6 Å². The van der Waals surface area contributed by atoms with E-state index in [1.165, 1.54) is 0 Å². The van der Waals surface area contributed by atoms with Gasteiger partial charge in [-0.3, -0.25) is 0 Å². The van der Waals surface area contributed by atoms with E-state index in [0.29, 0.717) is 6.54 Å². The number of aromatic nitrogens is 2. The van der Waals surface area contributed by atoms with Crippen LogP contribution in [-0.2, 0) is 6.54 Å². The van der Waals surface area contributed by atoms with E-state index in [0.717, 1.165) is 34.0 Å². The number of fused-ring (bicyclic) bond motifs is 1. The molecule has 0 saturated carbocycles. The number of ether oxygens (including phenoxy) is 1. The number of nitrogens with zero attached hydrogens (tertiary/aromatic N) is 3. The summed E-state index contributed by atoms with van der Waals surface area (Å²) in [4.78, 5) is 11.4. The van der Waals surface area contributed by atoms with E-state index < -0.39 is 0 Å². The lowest BCUT2D eigenvalue weighted by Gasteiger charge is -2.21. The third kappa shape index (κ3) is 3.10. The molecule has 3 rings (SSSR count). The molecule has 0 spiro atoms. The number of methoxy groups -OCH3 is 1. The topological polar surface area (TPSA) is 50.3 Å². The van der Waals surface area contributed by atoms with Crippen LogP contribution in [0.4, 0.5) is 11.5 Å². The van der Waals surface area contributed by atoms with E-state index in [-0.39, 0.29) is 0 Å². The van der Waals surface area contributed by atoms with Crippen LogP contribution in [0.2, 0.25) is 0 Å². The quantitative estimate of drug-likeness (QED) is 0.785. The van der Waals surface area contributed by atoms with Crippen molar-refractivity contribution in [2.24, 2.45) is 0 Å². The molecule has 1 N–H and O–H groups in total. The lowest BCUT2D eigenvalue weighted by molar-refractivity contribution is 0.415. The molecule has 0 aliphatic carbocycles. The molecule has 0 fully saturated rings. The number of anilines is 2. The molecule has 2 aromatic carbocycles. The Morgan fingerprint density at radius 3 is 2.48 bits per heavy atom. The molecular weight excluding hydrogens is 288 g/mol. The van der Waals surface area contributed by atoms with E-state index >= 15 is 0 Å². The van der Waals surface area contributed by atoms with Gasteiger partial charge in [-0.05, 0) is 43.4 Å². The predicted octanol–water partition coefficient (Wildman–Crippen LogP) is 3.13. The van der Waals surface area contributed by atoms with Crippen molar-refractivity contribution >= 4 is 22.4 Å². The Labute approximate surface area is 135 Å². The van der Waals surface area contributed by atoms with Crippen LogP contribution in [0.5, 0.6) is 5.75 Å². The van der Waals surface area contributed by atoms with E-state index in [4.69, 9.17) is 9.72 Å². The molecule has 5 nitrogen and oxygen atoms in total. The lowest BCUT2D eigenvalue weighted by Crippen LogP contribution is -2.16. The van der Waals surface area contributed by atoms with Crippen molar-refractivity contribution in [2.75, 3.05) is 26.1 Å². The summed E-state index contributed by atoms with van der Waals surface area (Å²) < 4.78 is 5.22. The molecule has 3 aromatic rings. The molecule has 0 atom stereocenters. The highest BCUT2D eigenvalue weighted by atomic mass is 16.5. The van der Waals surface area contributed by atoms with Crippen molar-refractivity contribution in [1.82, 2.24) is 15.3 Å². The summed E-state index contributed by atoms with van der Waals surface area (Å²) >= 11 is 0. The zero-order valence-electron chi connectivity index (χ0n) is 13.6. The first-order valence-electron chi connectivity index (χ1n) is 7.51. The molecule has 0 radical (unpaired) electrons. The molecule has 0 unspecified atom stereocenters. The summed E-state index contributed by atoms with van der Waals surface area (Å²) in [6.45, 7) is 0.633. The average Bonchev–Trinajstić information content (AvgIpc) is 2.61. The second kappa shape index (κ2) is 6.62. The number of hydrogen-bond donors (Lipinski definition) is 1. The molecule has 0 saturated heterocycles. The Morgan fingerprint density at radius 1 is 1.04 bits per heavy atom. The van der Waals surface area contributed by atoms with Crippen LogP contribution in [0.1, 0.15) is 5.82 Å². The summed E-state index contributed by atoms with van der Waals surface area (Å²) in [7, 11) is 5.58. The van der Waals surface area contributed by atoms with Crippen LogP contribution < -0.4 is 15.0 Å². The van der Waals surface area contributed by atoms with Gasteiger partial charge in [0.2, 0.25) is 0 Å². The van der Waals surface area contributed by atoms with Crippen molar-refractivity contribution < 1.29 is 4.74 Å². The minimum Gasteiger partial charge on any atom is -0.497 e. The van der Waals surface area contributed by atoms with E-state index in [1.54, 1.807) is 7.11 Å². The number of benzene rings is 2. The second-order valence-corrected chi connectivity index (χ2v) is 5.27. The summed E-state index contributed by atoms with van der Waals surface area (Å²) in [5, 5.41) is 4.14. The summed E-state index contributed by atoms with van der Waals surface area (Å²) in [6, 6.07) is 16.0. The summed E-state index contributed by atoms with van der Waals surface area (Å²) in [5.41, 5.74) is 1.99. The largest absolute Gasteiger partial charge is 0.497 e. The van der Waals surface area contributed by atoms with Gasteiger partial charge in [0.05, 0.1) is 19.2 Å². The SMILES string of the molecule is CNCc1nc(N(C)c2ccc(OC)cc2)c2ccccc2n1. The molecule has 5 heteroatoms. The van der Waals surface area contributed by atoms with Crippen molar-refractivity contribution in [3.8, 4) is 5.75 Å². The third-order valence-electron chi connectivity index (χ3n) is 3.74. The standard InChI is InChI=1S/C18H20N4O/c1-19-12-17-20-16-7-5-4-6-15(16)18(21-17)22(2)13-8-10-14(23-3)11-9-13/h4-11,19H,12H2,1-3H3. The minimum absolute atomic E-state index is 0.633. The van der Waals surface area contributed by atoms with E-state index in [2.05, 4.69) is 15.2 Å². The van der Waals surface area contributed by atoms with Gasteiger partial charge in [-0.1, -0.05) is 12.1 Å². The Kier molecular flexibility index (Phi) is 4.39. The van der Waals surface area contributed by atoms with Crippen LogP contribution in [0, 0.1) is 0 Å². The predicted molar refractivity (Wildman–Crippen MR) is 93.4 cm³/mol. The average molecular weight is 308 g/mol. The smallest absolute Gasteiger partial charge is 0.145 e. The van der Waals surface area contributed by atoms with E-state index in [9.17, 15) is 0 Å². The van der Waals surface area contributed by atoms with Crippen molar-refractivity contribution in [1.29, 1.82) is 0 Å². The Morgan fingerprint density at radius 2 is 1.78 bits per heavy atom. The number of nitrogens with one attached hydrogen (secondary N) is 1. The molecular formula is C18H20N4O. The van der Waals surface area contributed by atoms with Crippen molar-refractivity contribution in [3.63, 3.8) is 0 Å². The fraction of sp³-hybridized carbons (Fsp3) is 0.222. The van der Waals surface area contributed by atoms with Gasteiger partial charge < -0.3 is 15.0 Å². The number of para-hydroxylation sites is 1. The summed E-state index contributed by atoms with van der Waals surface area (Å²) in [6.07, 6.45) is 0. The maximum atomic E-state index is 5.22. The fourth-order valence-corrected chi connectivity index (χ4v) is 2.53. The lowest BCUT2D eigenvalue weighted by atomic mass is 10.2. The Hall–Kier alpha value is -2.66. The minimum atomic E-state index is 0.633. The molecule has 0 aliphatic heterocycles. The number of rotatable bonds is 5. The zero-order valence-corrected chi connectivity index (χ0v) is 13.6. The highest BCUT2D eigenvalue weighted by Crippen LogP contribution is 2.29. The molecule has 1 aromatic heterocycles. The van der Waals surface area contributed by atoms with Gasteiger partial charge >= 0.3 is 0 Å². The van der Waals surface area contributed by atoms with Crippen LogP contribution in [0.15, 0.2) is 48.5 Å². The van der Waals surface area contributed by atoms with Crippen molar-refractivity contribution in [2.45, 2.75) is 6.54 Å². The molecule has 0 bridgehead atoms. The normalized spacial score (nSPS) is 10.7. The van der Waals surface area contributed by atoms with Gasteiger partial charge in [-0.25, -0.2) is 9.97 Å². The van der Waals surface area contributed by atoms with Crippen LogP contribution >= 0.6 is 0 Å². The fourth-order valence-electron chi connectivity index (χ4n) is 2.53. The highest BCUT2D eigenvalue weighted by Gasteiger charge is 2.12. The Balaban J connectivity index is 2.08. The van der Waals surface area contributed by atoms with Gasteiger partial charge in [0.15, 0.2) is 0 Å². The van der Waals surface area contributed by atoms with Crippen LogP contribution in [0.3, 0.4) is 0 Å². The maximum absolute atomic E-state index is 5.22. The summed E-state index contributed by atoms with van der Waals surface area (Å²) in [5.74, 6) is 2.51. The van der Waals surface area contributed by atoms with Gasteiger partial charge in [0.25, 0.3) is 0 Å². The molecule has 23 heavy (non-hydrogen) atoms.